The molecule has 4 aromatic rings. The van der Waals surface area contributed by atoms with E-state index in [1.54, 1.807) is 18.2 Å². The third-order valence-corrected chi connectivity index (χ3v) is 4.90. The van der Waals surface area contributed by atoms with E-state index in [2.05, 4.69) is 10.3 Å². The van der Waals surface area contributed by atoms with Crippen molar-refractivity contribution in [1.82, 2.24) is 10.3 Å². The van der Waals surface area contributed by atoms with Gasteiger partial charge >= 0.3 is 0 Å². The van der Waals surface area contributed by atoms with Gasteiger partial charge in [0, 0.05) is 29.2 Å². The summed E-state index contributed by atoms with van der Waals surface area (Å²) in [5, 5.41) is 3.74. The second kappa shape index (κ2) is 8.27. The largest absolute Gasteiger partial charge is 0.361 e. The molecule has 4 rings (SSSR count). The molecule has 0 saturated carbocycles. The molecule has 1 amide bonds. The van der Waals surface area contributed by atoms with Crippen LogP contribution >= 0.6 is 0 Å². The monoisotopic (exact) mass is 390 g/mol. The molecule has 5 heteroatoms. The first-order chi connectivity index (χ1) is 14.1. The SMILES string of the molecule is O=C(NCCc1c[nH]c2ccc(F)cc12)c1cccc(Cc2cccc(F)c2)c1. The lowest BCUT2D eigenvalue weighted by Gasteiger charge is -2.08. The number of fused-ring (bicyclic) bond motifs is 1. The van der Waals surface area contributed by atoms with Crippen LogP contribution in [0.4, 0.5) is 8.78 Å². The molecule has 0 saturated heterocycles. The number of H-pyrrole nitrogens is 1. The van der Waals surface area contributed by atoms with Crippen LogP contribution < -0.4 is 5.32 Å². The van der Waals surface area contributed by atoms with Crippen LogP contribution in [-0.4, -0.2) is 17.4 Å². The number of amides is 1. The maximum atomic E-state index is 13.5. The molecule has 146 valence electrons. The minimum Gasteiger partial charge on any atom is -0.361 e. The Bertz CT molecular complexity index is 1170. The van der Waals surface area contributed by atoms with E-state index in [4.69, 9.17) is 0 Å². The molecule has 0 aliphatic heterocycles. The number of nitrogens with one attached hydrogen (secondary N) is 2. The van der Waals surface area contributed by atoms with Crippen LogP contribution in [0.15, 0.2) is 72.9 Å². The minimum atomic E-state index is -0.280. The fraction of sp³-hybridized carbons (Fsp3) is 0.125. The lowest BCUT2D eigenvalue weighted by atomic mass is 10.0. The lowest BCUT2D eigenvalue weighted by Crippen LogP contribution is -2.25. The molecule has 0 aliphatic carbocycles. The van der Waals surface area contributed by atoms with E-state index >= 15 is 0 Å². The normalized spacial score (nSPS) is 11.0. The molecule has 0 fully saturated rings. The van der Waals surface area contributed by atoms with E-state index in [0.29, 0.717) is 24.9 Å². The van der Waals surface area contributed by atoms with E-state index in [9.17, 15) is 13.6 Å². The number of aromatic nitrogens is 1. The van der Waals surface area contributed by atoms with Crippen LogP contribution in [0.2, 0.25) is 0 Å². The average molecular weight is 390 g/mol. The molecule has 0 bridgehead atoms. The molecular formula is C24H20F2N2O. The quantitative estimate of drug-likeness (QED) is 0.478. The maximum Gasteiger partial charge on any atom is 0.251 e. The van der Waals surface area contributed by atoms with Crippen molar-refractivity contribution < 1.29 is 13.6 Å². The zero-order valence-electron chi connectivity index (χ0n) is 15.7. The highest BCUT2D eigenvalue weighted by atomic mass is 19.1. The summed E-state index contributed by atoms with van der Waals surface area (Å²) >= 11 is 0. The maximum absolute atomic E-state index is 13.5. The Hall–Kier alpha value is -3.47. The second-order valence-electron chi connectivity index (χ2n) is 7.02. The average Bonchev–Trinajstić information content (AvgIpc) is 3.10. The van der Waals surface area contributed by atoms with Crippen molar-refractivity contribution in [1.29, 1.82) is 0 Å². The van der Waals surface area contributed by atoms with Crippen LogP contribution in [0.1, 0.15) is 27.0 Å². The predicted molar refractivity (Wildman–Crippen MR) is 110 cm³/mol. The summed E-state index contributed by atoms with van der Waals surface area (Å²) in [5.74, 6) is -0.719. The third kappa shape index (κ3) is 4.51. The van der Waals surface area contributed by atoms with Gasteiger partial charge in [-0.1, -0.05) is 24.3 Å². The summed E-state index contributed by atoms with van der Waals surface area (Å²) in [5.41, 5.74) is 4.19. The van der Waals surface area contributed by atoms with Gasteiger partial charge < -0.3 is 10.3 Å². The summed E-state index contributed by atoms with van der Waals surface area (Å²) in [6, 6.07) is 18.4. The van der Waals surface area contributed by atoms with Gasteiger partial charge in [-0.2, -0.15) is 0 Å². The summed E-state index contributed by atoms with van der Waals surface area (Å²) < 4.78 is 26.8. The van der Waals surface area contributed by atoms with Gasteiger partial charge in [0.05, 0.1) is 0 Å². The van der Waals surface area contributed by atoms with E-state index in [1.165, 1.54) is 24.3 Å². The predicted octanol–water partition coefficient (Wildman–Crippen LogP) is 5.01. The van der Waals surface area contributed by atoms with Crippen molar-refractivity contribution >= 4 is 16.8 Å². The van der Waals surface area contributed by atoms with Crippen molar-refractivity contribution in [3.05, 3.63) is 107 Å². The zero-order valence-corrected chi connectivity index (χ0v) is 15.7. The van der Waals surface area contributed by atoms with E-state index < -0.39 is 0 Å². The molecule has 0 radical (unpaired) electrons. The molecule has 0 aliphatic rings. The van der Waals surface area contributed by atoms with Crippen molar-refractivity contribution in [3.8, 4) is 0 Å². The Balaban J connectivity index is 1.39. The Morgan fingerprint density at radius 2 is 1.66 bits per heavy atom. The number of hydrogen-bond acceptors (Lipinski definition) is 1. The minimum absolute atomic E-state index is 0.169. The molecule has 3 aromatic carbocycles. The van der Waals surface area contributed by atoms with Crippen molar-refractivity contribution in [2.45, 2.75) is 12.8 Å². The topological polar surface area (TPSA) is 44.9 Å². The Labute approximate surface area is 167 Å². The number of benzene rings is 3. The Morgan fingerprint density at radius 1 is 0.897 bits per heavy atom. The number of carbonyl (C=O) groups is 1. The molecule has 3 nitrogen and oxygen atoms in total. The Kier molecular flexibility index (Phi) is 5.38. The van der Waals surface area contributed by atoms with Crippen LogP contribution in [0.25, 0.3) is 10.9 Å². The first-order valence-electron chi connectivity index (χ1n) is 9.45. The number of carbonyl (C=O) groups excluding carboxylic acids is 1. The standard InChI is InChI=1S/C24H20F2N2O/c25-20-6-2-4-17(13-20)11-16-3-1-5-18(12-16)24(29)27-10-9-19-15-28-23-8-7-21(26)14-22(19)23/h1-8,12-15,28H,9-11H2,(H,27,29). The van der Waals surface area contributed by atoms with Crippen molar-refractivity contribution in [3.63, 3.8) is 0 Å². The van der Waals surface area contributed by atoms with Gasteiger partial charge in [-0.05, 0) is 72.0 Å². The molecule has 29 heavy (non-hydrogen) atoms. The molecule has 2 N–H and O–H groups in total. The first-order valence-corrected chi connectivity index (χ1v) is 9.45. The van der Waals surface area contributed by atoms with Gasteiger partial charge in [0.1, 0.15) is 11.6 Å². The van der Waals surface area contributed by atoms with Gasteiger partial charge in [0.2, 0.25) is 0 Å². The van der Waals surface area contributed by atoms with Crippen LogP contribution in [0, 0.1) is 11.6 Å². The molecule has 1 aromatic heterocycles. The van der Waals surface area contributed by atoms with Crippen LogP contribution in [0.3, 0.4) is 0 Å². The van der Waals surface area contributed by atoms with Gasteiger partial charge in [-0.3, -0.25) is 4.79 Å². The van der Waals surface area contributed by atoms with E-state index in [0.717, 1.165) is 27.6 Å². The molecule has 0 spiro atoms. The number of rotatable bonds is 6. The van der Waals surface area contributed by atoms with E-state index in [1.807, 2.05) is 30.5 Å². The summed E-state index contributed by atoms with van der Waals surface area (Å²) in [6.45, 7) is 0.441. The second-order valence-corrected chi connectivity index (χ2v) is 7.02. The fourth-order valence-electron chi connectivity index (χ4n) is 3.48. The van der Waals surface area contributed by atoms with Gasteiger partial charge in [-0.15, -0.1) is 0 Å². The highest BCUT2D eigenvalue weighted by Crippen LogP contribution is 2.19. The van der Waals surface area contributed by atoms with Crippen LogP contribution in [0.5, 0.6) is 0 Å². The highest BCUT2D eigenvalue weighted by Gasteiger charge is 2.09. The fourth-order valence-corrected chi connectivity index (χ4v) is 3.48. The number of hydrogen-bond donors (Lipinski definition) is 2. The summed E-state index contributed by atoms with van der Waals surface area (Å²) in [7, 11) is 0. The Morgan fingerprint density at radius 3 is 2.48 bits per heavy atom. The molecular weight excluding hydrogens is 370 g/mol. The summed E-state index contributed by atoms with van der Waals surface area (Å²) in [4.78, 5) is 15.6. The van der Waals surface area contributed by atoms with Gasteiger partial charge in [0.15, 0.2) is 0 Å². The van der Waals surface area contributed by atoms with E-state index in [-0.39, 0.29) is 17.5 Å². The molecule has 0 unspecified atom stereocenters. The third-order valence-electron chi connectivity index (χ3n) is 4.90. The first kappa shape index (κ1) is 18.9. The zero-order chi connectivity index (χ0) is 20.2. The highest BCUT2D eigenvalue weighted by molar-refractivity contribution is 5.94. The smallest absolute Gasteiger partial charge is 0.251 e. The lowest BCUT2D eigenvalue weighted by molar-refractivity contribution is 0.0954. The number of halogens is 2. The number of aromatic amines is 1. The van der Waals surface area contributed by atoms with Crippen molar-refractivity contribution in [2.75, 3.05) is 6.54 Å². The molecule has 1 heterocycles. The van der Waals surface area contributed by atoms with Crippen molar-refractivity contribution in [2.24, 2.45) is 0 Å². The summed E-state index contributed by atoms with van der Waals surface area (Å²) in [6.07, 6.45) is 2.99. The van der Waals surface area contributed by atoms with Crippen LogP contribution in [-0.2, 0) is 12.8 Å². The van der Waals surface area contributed by atoms with Gasteiger partial charge in [-0.25, -0.2) is 8.78 Å². The van der Waals surface area contributed by atoms with Gasteiger partial charge in [0.25, 0.3) is 5.91 Å². The molecule has 0 atom stereocenters.